The fraction of sp³-hybridized carbons (Fsp3) is 0.429. The molecular weight excluding hydrogens is 358 g/mol. The van der Waals surface area contributed by atoms with Gasteiger partial charge in [-0.2, -0.15) is 4.98 Å². The maximum absolute atomic E-state index is 13.2. The number of rotatable bonds is 5. The van der Waals surface area contributed by atoms with E-state index in [0.29, 0.717) is 31.0 Å². The quantitative estimate of drug-likeness (QED) is 0.845. The highest BCUT2D eigenvalue weighted by Crippen LogP contribution is 2.36. The zero-order chi connectivity index (χ0) is 20.3. The fourth-order valence-electron chi connectivity index (χ4n) is 3.79. The van der Waals surface area contributed by atoms with Crippen molar-refractivity contribution >= 4 is 5.91 Å². The lowest BCUT2D eigenvalue weighted by Crippen LogP contribution is -2.60. The molecule has 0 unspecified atom stereocenters. The standard InChI is InChI=1S/C21H27N3O4/c1-23(2)17-14-24(13-12-21(17,26)15-8-6-5-7-9-15)20(25)16-10-11-18(27-3)22-19(16)28-4/h5-11,17,26H,12-14H2,1-4H3/t17-,21+/m1/s1. The number of hydrogen-bond donors (Lipinski definition) is 1. The zero-order valence-electron chi connectivity index (χ0n) is 16.8. The van der Waals surface area contributed by atoms with Gasteiger partial charge in [0.25, 0.3) is 5.91 Å². The van der Waals surface area contributed by atoms with E-state index in [-0.39, 0.29) is 17.8 Å². The van der Waals surface area contributed by atoms with Crippen LogP contribution in [0.15, 0.2) is 42.5 Å². The van der Waals surface area contributed by atoms with Crippen LogP contribution in [0.1, 0.15) is 22.3 Å². The number of benzene rings is 1. The number of aromatic nitrogens is 1. The highest BCUT2D eigenvalue weighted by Gasteiger charge is 2.45. The molecule has 0 radical (unpaired) electrons. The average molecular weight is 385 g/mol. The van der Waals surface area contributed by atoms with Gasteiger partial charge in [0.1, 0.15) is 11.2 Å². The van der Waals surface area contributed by atoms with Gasteiger partial charge in [0.2, 0.25) is 11.8 Å². The first-order valence-electron chi connectivity index (χ1n) is 9.23. The van der Waals surface area contributed by atoms with Gasteiger partial charge < -0.3 is 24.4 Å². The molecule has 0 bridgehead atoms. The molecule has 0 saturated carbocycles. The number of pyridine rings is 1. The molecule has 1 saturated heterocycles. The van der Waals surface area contributed by atoms with Crippen LogP contribution in [0.3, 0.4) is 0 Å². The van der Waals surface area contributed by atoms with Crippen molar-refractivity contribution in [2.75, 3.05) is 41.4 Å². The predicted octanol–water partition coefficient (Wildman–Crippen LogP) is 1.76. The molecule has 7 nitrogen and oxygen atoms in total. The summed E-state index contributed by atoms with van der Waals surface area (Å²) < 4.78 is 10.4. The molecule has 150 valence electrons. The van der Waals surface area contributed by atoms with E-state index in [4.69, 9.17) is 9.47 Å². The zero-order valence-corrected chi connectivity index (χ0v) is 16.8. The lowest BCUT2D eigenvalue weighted by Gasteiger charge is -2.47. The van der Waals surface area contributed by atoms with Crippen molar-refractivity contribution < 1.29 is 19.4 Å². The van der Waals surface area contributed by atoms with Crippen LogP contribution in [0.2, 0.25) is 0 Å². The first kappa shape index (κ1) is 20.1. The van der Waals surface area contributed by atoms with Gasteiger partial charge in [-0.15, -0.1) is 0 Å². The SMILES string of the molecule is COc1ccc(C(=O)N2CC[C@](O)(c3ccccc3)[C@H](N(C)C)C2)c(OC)n1. The number of piperidine rings is 1. The summed E-state index contributed by atoms with van der Waals surface area (Å²) in [6.07, 6.45) is 0.442. The third kappa shape index (κ3) is 3.68. The van der Waals surface area contributed by atoms with E-state index in [1.807, 2.05) is 49.3 Å². The summed E-state index contributed by atoms with van der Waals surface area (Å²) in [5.41, 5.74) is 0.222. The molecule has 1 amide bonds. The monoisotopic (exact) mass is 385 g/mol. The van der Waals surface area contributed by atoms with E-state index in [1.165, 1.54) is 14.2 Å². The molecule has 2 aromatic rings. The molecule has 28 heavy (non-hydrogen) atoms. The molecule has 1 fully saturated rings. The van der Waals surface area contributed by atoms with Crippen molar-refractivity contribution in [3.63, 3.8) is 0 Å². The van der Waals surface area contributed by atoms with Gasteiger partial charge in [-0.05, 0) is 32.1 Å². The number of hydrogen-bond acceptors (Lipinski definition) is 6. The molecule has 0 spiro atoms. The van der Waals surface area contributed by atoms with Gasteiger partial charge in [0.05, 0.1) is 20.3 Å². The number of carbonyl (C=O) groups excluding carboxylic acids is 1. The summed E-state index contributed by atoms with van der Waals surface area (Å²) in [5.74, 6) is 0.445. The van der Waals surface area contributed by atoms with Gasteiger partial charge >= 0.3 is 0 Å². The molecule has 0 aliphatic carbocycles. The maximum Gasteiger partial charge on any atom is 0.259 e. The van der Waals surface area contributed by atoms with Crippen molar-refractivity contribution in [3.8, 4) is 11.8 Å². The lowest BCUT2D eigenvalue weighted by atomic mass is 9.79. The third-order valence-corrected chi connectivity index (χ3v) is 5.36. The normalized spacial score (nSPS) is 22.2. The Kier molecular flexibility index (Phi) is 5.86. The number of ether oxygens (including phenoxy) is 2. The predicted molar refractivity (Wildman–Crippen MR) is 106 cm³/mol. The second-order valence-electron chi connectivity index (χ2n) is 7.18. The molecule has 2 heterocycles. The Morgan fingerprint density at radius 2 is 1.89 bits per heavy atom. The number of carbonyl (C=O) groups is 1. The first-order chi connectivity index (χ1) is 13.4. The smallest absolute Gasteiger partial charge is 0.259 e. The molecule has 1 aromatic carbocycles. The van der Waals surface area contributed by atoms with E-state index in [2.05, 4.69) is 4.98 Å². The second kappa shape index (κ2) is 8.16. The first-order valence-corrected chi connectivity index (χ1v) is 9.23. The summed E-state index contributed by atoms with van der Waals surface area (Å²) in [4.78, 5) is 21.1. The van der Waals surface area contributed by atoms with Crippen molar-refractivity contribution in [2.24, 2.45) is 0 Å². The number of aliphatic hydroxyl groups is 1. The van der Waals surface area contributed by atoms with Crippen LogP contribution in [0.5, 0.6) is 11.8 Å². The molecule has 1 N–H and O–H groups in total. The van der Waals surface area contributed by atoms with Crippen molar-refractivity contribution in [1.82, 2.24) is 14.8 Å². The number of likely N-dealkylation sites (tertiary alicyclic amines) is 1. The topological polar surface area (TPSA) is 75.1 Å². The fourth-order valence-corrected chi connectivity index (χ4v) is 3.79. The van der Waals surface area contributed by atoms with Crippen LogP contribution < -0.4 is 9.47 Å². The Morgan fingerprint density at radius 1 is 1.18 bits per heavy atom. The van der Waals surface area contributed by atoms with Crippen LogP contribution in [0.25, 0.3) is 0 Å². The number of methoxy groups -OCH3 is 2. The summed E-state index contributed by atoms with van der Waals surface area (Å²) in [6, 6.07) is 12.7. The van der Waals surface area contributed by atoms with E-state index >= 15 is 0 Å². The van der Waals surface area contributed by atoms with Gasteiger partial charge in [0.15, 0.2) is 0 Å². The molecular formula is C21H27N3O4. The summed E-state index contributed by atoms with van der Waals surface area (Å²) >= 11 is 0. The Labute approximate surface area is 165 Å². The van der Waals surface area contributed by atoms with Gasteiger partial charge in [-0.3, -0.25) is 4.79 Å². The Morgan fingerprint density at radius 3 is 2.50 bits per heavy atom. The summed E-state index contributed by atoms with van der Waals surface area (Å²) in [7, 11) is 6.83. The molecule has 1 aliphatic rings. The molecule has 1 aliphatic heterocycles. The highest BCUT2D eigenvalue weighted by molar-refractivity contribution is 5.96. The van der Waals surface area contributed by atoms with Crippen molar-refractivity contribution in [3.05, 3.63) is 53.6 Å². The molecule has 2 atom stereocenters. The second-order valence-corrected chi connectivity index (χ2v) is 7.18. The minimum absolute atomic E-state index is 0.172. The minimum atomic E-state index is -1.02. The van der Waals surface area contributed by atoms with Crippen LogP contribution in [-0.2, 0) is 5.60 Å². The third-order valence-electron chi connectivity index (χ3n) is 5.36. The summed E-state index contributed by atoms with van der Waals surface area (Å²) in [5, 5.41) is 11.5. The van der Waals surface area contributed by atoms with Gasteiger partial charge in [0, 0.05) is 19.2 Å². The van der Waals surface area contributed by atoms with Crippen LogP contribution in [0.4, 0.5) is 0 Å². The Hall–Kier alpha value is -2.64. The molecule has 3 rings (SSSR count). The number of amides is 1. The van der Waals surface area contributed by atoms with E-state index in [9.17, 15) is 9.90 Å². The average Bonchev–Trinajstić information content (AvgIpc) is 2.73. The van der Waals surface area contributed by atoms with Crippen LogP contribution >= 0.6 is 0 Å². The molecule has 7 heteroatoms. The number of nitrogens with zero attached hydrogens (tertiary/aromatic N) is 3. The Bertz CT molecular complexity index is 828. The highest BCUT2D eigenvalue weighted by atomic mass is 16.5. The lowest BCUT2D eigenvalue weighted by molar-refractivity contribution is -0.0810. The maximum atomic E-state index is 13.2. The summed E-state index contributed by atoms with van der Waals surface area (Å²) in [6.45, 7) is 0.830. The minimum Gasteiger partial charge on any atom is -0.481 e. The largest absolute Gasteiger partial charge is 0.481 e. The van der Waals surface area contributed by atoms with Gasteiger partial charge in [-0.25, -0.2) is 0 Å². The molecule has 1 aromatic heterocycles. The van der Waals surface area contributed by atoms with E-state index in [0.717, 1.165) is 5.56 Å². The Balaban J connectivity index is 1.87. The van der Waals surface area contributed by atoms with Crippen LogP contribution in [-0.4, -0.2) is 73.2 Å². The van der Waals surface area contributed by atoms with Crippen molar-refractivity contribution in [1.29, 1.82) is 0 Å². The number of likely N-dealkylation sites (N-methyl/N-ethyl adjacent to an activating group) is 1. The van der Waals surface area contributed by atoms with Crippen molar-refractivity contribution in [2.45, 2.75) is 18.1 Å². The van der Waals surface area contributed by atoms with E-state index < -0.39 is 5.60 Å². The van der Waals surface area contributed by atoms with Crippen LogP contribution in [0, 0.1) is 0 Å². The van der Waals surface area contributed by atoms with Gasteiger partial charge in [-0.1, -0.05) is 30.3 Å². The van der Waals surface area contributed by atoms with E-state index in [1.54, 1.807) is 17.0 Å².